The second kappa shape index (κ2) is 8.83. The molecule has 0 aromatic heterocycles. The number of carboxylic acid groups (broad SMARTS) is 1. The van der Waals surface area contributed by atoms with Crippen LogP contribution in [0.4, 0.5) is 4.79 Å². The highest BCUT2D eigenvalue weighted by atomic mass is 28.4. The van der Waals surface area contributed by atoms with E-state index in [-0.39, 0.29) is 31.2 Å². The number of urea groups is 1. The highest BCUT2D eigenvalue weighted by Gasteiger charge is 2.38. The molecule has 1 aliphatic rings. The number of carboxylic acids is 1. The van der Waals surface area contributed by atoms with Gasteiger partial charge in [0.05, 0.1) is 0 Å². The van der Waals surface area contributed by atoms with Gasteiger partial charge in [0.25, 0.3) is 0 Å². The van der Waals surface area contributed by atoms with Crippen molar-refractivity contribution in [2.45, 2.75) is 58.3 Å². The van der Waals surface area contributed by atoms with Crippen LogP contribution in [-0.4, -0.2) is 79.3 Å². The first kappa shape index (κ1) is 23.1. The first-order chi connectivity index (χ1) is 12.3. The summed E-state index contributed by atoms with van der Waals surface area (Å²) in [4.78, 5) is 49.8. The molecule has 1 saturated heterocycles. The molecule has 0 aromatic rings. The van der Waals surface area contributed by atoms with Crippen molar-refractivity contribution in [3.8, 4) is 0 Å². The molecule has 1 unspecified atom stereocenters. The number of likely N-dealkylation sites (N-methyl/N-ethyl adjacent to an activating group) is 1. The predicted molar refractivity (Wildman–Crippen MR) is 102 cm³/mol. The van der Waals surface area contributed by atoms with Gasteiger partial charge in [0.2, 0.25) is 0 Å². The molecule has 0 radical (unpaired) electrons. The maximum Gasteiger partial charge on any atom is 0.326 e. The molecule has 0 spiro atoms. The summed E-state index contributed by atoms with van der Waals surface area (Å²) < 4.78 is 5.95. The monoisotopic (exact) mass is 401 g/mol. The summed E-state index contributed by atoms with van der Waals surface area (Å²) in [6.07, 6.45) is 0.0741. The van der Waals surface area contributed by atoms with Crippen molar-refractivity contribution in [2.24, 2.45) is 0 Å². The number of carbonyl (C=O) groups is 4. The van der Waals surface area contributed by atoms with E-state index in [2.05, 4.69) is 39.2 Å². The van der Waals surface area contributed by atoms with Gasteiger partial charge >= 0.3 is 23.8 Å². The first-order valence-corrected chi connectivity index (χ1v) is 12.0. The lowest BCUT2D eigenvalue weighted by molar-refractivity contribution is -0.153. The first-order valence-electron chi connectivity index (χ1n) is 9.10. The van der Waals surface area contributed by atoms with Crippen LogP contribution in [0.15, 0.2) is 0 Å². The normalized spacial score (nSPS) is 17.1. The highest BCUT2D eigenvalue weighted by molar-refractivity contribution is 6.74. The van der Waals surface area contributed by atoms with Crippen LogP contribution in [0.25, 0.3) is 0 Å². The Balaban J connectivity index is 2.67. The van der Waals surface area contributed by atoms with Gasteiger partial charge in [0, 0.05) is 32.7 Å². The van der Waals surface area contributed by atoms with E-state index >= 15 is 0 Å². The molecule has 9 nitrogen and oxygen atoms in total. The second-order valence-electron chi connectivity index (χ2n) is 8.08. The van der Waals surface area contributed by atoms with Crippen LogP contribution in [0.3, 0.4) is 0 Å². The quantitative estimate of drug-likeness (QED) is 0.490. The van der Waals surface area contributed by atoms with Gasteiger partial charge in [-0.1, -0.05) is 20.8 Å². The summed E-state index contributed by atoms with van der Waals surface area (Å²) in [6, 6.07) is -2.07. The van der Waals surface area contributed by atoms with E-state index in [1.807, 2.05) is 0 Å². The summed E-state index contributed by atoms with van der Waals surface area (Å²) in [5.74, 6) is -2.91. The van der Waals surface area contributed by atoms with Gasteiger partial charge in [0.15, 0.2) is 8.32 Å². The summed E-state index contributed by atoms with van der Waals surface area (Å²) in [7, 11) is -2.03. The van der Waals surface area contributed by atoms with Gasteiger partial charge in [-0.3, -0.25) is 14.5 Å². The molecule has 1 aliphatic heterocycles. The molecule has 1 fully saturated rings. The highest BCUT2D eigenvalue weighted by Crippen LogP contribution is 2.36. The lowest BCUT2D eigenvalue weighted by atomic mass is 10.2. The average Bonchev–Trinajstić information content (AvgIpc) is 2.54. The van der Waals surface area contributed by atoms with Gasteiger partial charge in [-0.15, -0.1) is 0 Å². The van der Waals surface area contributed by atoms with Crippen molar-refractivity contribution in [2.75, 3.05) is 26.2 Å². The minimum absolute atomic E-state index is 0.0132. The lowest BCUT2D eigenvalue weighted by Gasteiger charge is -2.36. The van der Waals surface area contributed by atoms with Crippen molar-refractivity contribution >= 4 is 32.1 Å². The fraction of sp³-hybridized carbons (Fsp3) is 0.765. The van der Waals surface area contributed by atoms with Crippen LogP contribution in [0.5, 0.6) is 0 Å². The zero-order valence-corrected chi connectivity index (χ0v) is 18.0. The molecule has 0 bridgehead atoms. The lowest BCUT2D eigenvalue weighted by Crippen LogP contribution is -2.59. The third-order valence-electron chi connectivity index (χ3n) is 5.21. The van der Waals surface area contributed by atoms with E-state index in [0.717, 1.165) is 4.90 Å². The van der Waals surface area contributed by atoms with Crippen LogP contribution in [0.1, 0.15) is 34.1 Å². The molecule has 4 amide bonds. The van der Waals surface area contributed by atoms with E-state index in [9.17, 15) is 24.3 Å². The van der Waals surface area contributed by atoms with Crippen LogP contribution in [0, 0.1) is 0 Å². The molecule has 1 atom stereocenters. The Bertz CT molecular complexity index is 602. The topological polar surface area (TPSA) is 116 Å². The molecule has 0 saturated carbocycles. The number of hydrogen-bond donors (Lipinski definition) is 2. The summed E-state index contributed by atoms with van der Waals surface area (Å²) in [5.41, 5.74) is 0. The predicted octanol–water partition coefficient (Wildman–Crippen LogP) is 1.25. The molecular weight excluding hydrogens is 370 g/mol. The average molecular weight is 402 g/mol. The minimum Gasteiger partial charge on any atom is -0.480 e. The van der Waals surface area contributed by atoms with Crippen LogP contribution in [-0.2, 0) is 18.8 Å². The number of carbonyl (C=O) groups excluding carboxylic acids is 3. The molecule has 0 aromatic carbocycles. The molecule has 0 aliphatic carbocycles. The minimum atomic E-state index is -2.03. The molecule has 1 heterocycles. The van der Waals surface area contributed by atoms with E-state index in [4.69, 9.17) is 4.43 Å². The maximum absolute atomic E-state index is 12.3. The van der Waals surface area contributed by atoms with E-state index in [1.165, 1.54) is 4.90 Å². The Hall–Kier alpha value is -1.94. The van der Waals surface area contributed by atoms with Crippen LogP contribution in [0.2, 0.25) is 18.1 Å². The Kier molecular flexibility index (Phi) is 7.55. The maximum atomic E-state index is 12.3. The molecule has 154 valence electrons. The Morgan fingerprint density at radius 3 is 2.30 bits per heavy atom. The number of rotatable bonds is 7. The Morgan fingerprint density at radius 2 is 1.81 bits per heavy atom. The van der Waals surface area contributed by atoms with E-state index in [0.29, 0.717) is 6.54 Å². The summed E-state index contributed by atoms with van der Waals surface area (Å²) in [6.45, 7) is 12.9. The number of amides is 4. The van der Waals surface area contributed by atoms with Crippen LogP contribution < -0.4 is 5.32 Å². The van der Waals surface area contributed by atoms with Gasteiger partial charge in [-0.2, -0.15) is 0 Å². The number of nitrogens with one attached hydrogen (secondary N) is 1. The fourth-order valence-electron chi connectivity index (χ4n) is 2.30. The van der Waals surface area contributed by atoms with Gasteiger partial charge < -0.3 is 19.7 Å². The third kappa shape index (κ3) is 5.77. The zero-order chi connectivity index (χ0) is 21.0. The summed E-state index contributed by atoms with van der Waals surface area (Å²) >= 11 is 0. The van der Waals surface area contributed by atoms with E-state index < -0.39 is 38.2 Å². The zero-order valence-electron chi connectivity index (χ0n) is 17.0. The molecule has 2 N–H and O–H groups in total. The number of imide groups is 1. The van der Waals surface area contributed by atoms with E-state index in [1.54, 1.807) is 6.92 Å². The SMILES string of the molecule is CCN1CCN(C(=O)NC(CCO[Si](C)(C)C(C)(C)C)C(=O)O)C(=O)C1=O. The number of aliphatic carboxylic acids is 1. The third-order valence-corrected chi connectivity index (χ3v) is 9.75. The number of piperazine rings is 1. The molecule has 27 heavy (non-hydrogen) atoms. The Labute approximate surface area is 161 Å². The fourth-order valence-corrected chi connectivity index (χ4v) is 3.36. The van der Waals surface area contributed by atoms with Crippen molar-refractivity contribution in [1.82, 2.24) is 15.1 Å². The smallest absolute Gasteiger partial charge is 0.326 e. The largest absolute Gasteiger partial charge is 0.480 e. The van der Waals surface area contributed by atoms with Crippen molar-refractivity contribution in [3.63, 3.8) is 0 Å². The Morgan fingerprint density at radius 1 is 1.22 bits per heavy atom. The van der Waals surface area contributed by atoms with Crippen molar-refractivity contribution in [3.05, 3.63) is 0 Å². The van der Waals surface area contributed by atoms with Gasteiger partial charge in [0.1, 0.15) is 6.04 Å². The molecular formula is C17H31N3O6Si. The summed E-state index contributed by atoms with van der Waals surface area (Å²) in [5, 5.41) is 11.7. The second-order valence-corrected chi connectivity index (χ2v) is 12.9. The van der Waals surface area contributed by atoms with Crippen molar-refractivity contribution in [1.29, 1.82) is 0 Å². The molecule has 1 rings (SSSR count). The number of hydrogen-bond acceptors (Lipinski definition) is 5. The van der Waals surface area contributed by atoms with Gasteiger partial charge in [-0.25, -0.2) is 9.59 Å². The van der Waals surface area contributed by atoms with Gasteiger partial charge in [-0.05, 0) is 25.1 Å². The number of nitrogens with zero attached hydrogens (tertiary/aromatic N) is 2. The molecule has 10 heteroatoms. The standard InChI is InChI=1S/C17H31N3O6Si/c1-7-19-9-10-20(14(22)13(19)21)16(25)18-12(15(23)24)8-11-26-27(5,6)17(2,3)4/h12H,7-11H2,1-6H3,(H,18,25)(H,23,24). The van der Waals surface area contributed by atoms with Crippen LogP contribution >= 0.6 is 0 Å². The van der Waals surface area contributed by atoms with Crippen molar-refractivity contribution < 1.29 is 28.7 Å².